The number of H-pyrrole nitrogens is 1. The van der Waals surface area contributed by atoms with Gasteiger partial charge in [-0.05, 0) is 38.1 Å². The van der Waals surface area contributed by atoms with Crippen molar-refractivity contribution >= 4 is 15.7 Å². The first-order valence-corrected chi connectivity index (χ1v) is 9.14. The Morgan fingerprint density at radius 1 is 1.12 bits per heavy atom. The minimum absolute atomic E-state index is 0.286. The number of hydrogen-bond acceptors (Lipinski definition) is 5. The summed E-state index contributed by atoms with van der Waals surface area (Å²) in [4.78, 5) is 2.41. The van der Waals surface area contributed by atoms with E-state index in [0.29, 0.717) is 43.1 Å². The van der Waals surface area contributed by atoms with Crippen LogP contribution in [0.5, 0.6) is 0 Å². The van der Waals surface area contributed by atoms with Gasteiger partial charge in [-0.1, -0.05) is 0 Å². The van der Waals surface area contributed by atoms with E-state index in [9.17, 15) is 8.42 Å². The van der Waals surface area contributed by atoms with Crippen LogP contribution in [0.2, 0.25) is 0 Å². The molecule has 1 aliphatic rings. The minimum Gasteiger partial charge on any atom is -0.369 e. The van der Waals surface area contributed by atoms with Crippen molar-refractivity contribution in [3.63, 3.8) is 0 Å². The van der Waals surface area contributed by atoms with Crippen LogP contribution in [-0.4, -0.2) is 49.1 Å². The summed E-state index contributed by atoms with van der Waals surface area (Å²) in [6, 6.07) is 9.44. The summed E-state index contributed by atoms with van der Waals surface area (Å²) < 4.78 is 27.2. The van der Waals surface area contributed by atoms with Gasteiger partial charge in [-0.15, -0.1) is 0 Å². The van der Waals surface area contributed by atoms with Crippen LogP contribution < -0.4 is 4.90 Å². The Balaban J connectivity index is 1.74. The third-order valence-electron chi connectivity index (χ3n) is 4.26. The zero-order valence-electron chi connectivity index (χ0n) is 13.7. The molecule has 0 amide bonds. The van der Waals surface area contributed by atoms with Crippen molar-refractivity contribution in [1.29, 1.82) is 5.26 Å². The maximum atomic E-state index is 12.8. The van der Waals surface area contributed by atoms with E-state index in [4.69, 9.17) is 5.26 Å². The number of hydrogen-bond donors (Lipinski definition) is 1. The molecule has 126 valence electrons. The molecule has 2 aromatic rings. The quantitative estimate of drug-likeness (QED) is 0.908. The molecule has 1 aliphatic heterocycles. The molecule has 1 aromatic carbocycles. The molecule has 0 saturated carbocycles. The molecule has 1 fully saturated rings. The van der Waals surface area contributed by atoms with Gasteiger partial charge in [0, 0.05) is 31.9 Å². The molecule has 0 aliphatic carbocycles. The first kappa shape index (κ1) is 16.5. The zero-order chi connectivity index (χ0) is 17.3. The highest BCUT2D eigenvalue weighted by molar-refractivity contribution is 7.89. The van der Waals surface area contributed by atoms with Gasteiger partial charge in [0.1, 0.15) is 4.90 Å². The topological polar surface area (TPSA) is 93.1 Å². The monoisotopic (exact) mass is 345 g/mol. The lowest BCUT2D eigenvalue weighted by atomic mass is 10.2. The first-order chi connectivity index (χ1) is 11.4. The molecular weight excluding hydrogens is 326 g/mol. The molecule has 2 heterocycles. The third-order valence-corrected chi connectivity index (χ3v) is 6.42. The second kappa shape index (κ2) is 6.26. The van der Waals surface area contributed by atoms with Crippen LogP contribution in [-0.2, 0) is 10.0 Å². The third kappa shape index (κ3) is 2.88. The van der Waals surface area contributed by atoms with Crippen molar-refractivity contribution in [2.24, 2.45) is 0 Å². The Morgan fingerprint density at radius 2 is 1.75 bits per heavy atom. The average Bonchev–Trinajstić information content (AvgIpc) is 2.94. The van der Waals surface area contributed by atoms with Crippen LogP contribution in [0.3, 0.4) is 0 Å². The first-order valence-electron chi connectivity index (χ1n) is 7.70. The van der Waals surface area contributed by atoms with Gasteiger partial charge in [-0.25, -0.2) is 8.42 Å². The van der Waals surface area contributed by atoms with Crippen molar-refractivity contribution < 1.29 is 8.42 Å². The summed E-state index contributed by atoms with van der Waals surface area (Å²) in [6.07, 6.45) is 0. The summed E-state index contributed by atoms with van der Waals surface area (Å²) in [6.45, 7) is 5.49. The highest BCUT2D eigenvalue weighted by atomic mass is 32.2. The van der Waals surface area contributed by atoms with E-state index in [1.165, 1.54) is 4.31 Å². The molecule has 1 N–H and O–H groups in total. The van der Waals surface area contributed by atoms with E-state index >= 15 is 0 Å². The van der Waals surface area contributed by atoms with Gasteiger partial charge in [0.15, 0.2) is 0 Å². The van der Waals surface area contributed by atoms with Crippen LogP contribution in [0.4, 0.5) is 5.69 Å². The molecule has 0 atom stereocenters. The number of rotatable bonds is 3. The fourth-order valence-electron chi connectivity index (χ4n) is 2.98. The lowest BCUT2D eigenvalue weighted by molar-refractivity contribution is 0.384. The molecular formula is C16H19N5O2S. The van der Waals surface area contributed by atoms with Crippen LogP contribution >= 0.6 is 0 Å². The van der Waals surface area contributed by atoms with Crippen molar-refractivity contribution in [2.45, 2.75) is 18.7 Å². The number of nitrogens with one attached hydrogen (secondary N) is 1. The molecule has 24 heavy (non-hydrogen) atoms. The lowest BCUT2D eigenvalue weighted by Gasteiger charge is -2.35. The maximum absolute atomic E-state index is 12.8. The smallest absolute Gasteiger partial charge is 0.246 e. The minimum atomic E-state index is -3.53. The number of aromatic nitrogens is 2. The molecule has 7 nitrogen and oxygen atoms in total. The van der Waals surface area contributed by atoms with Gasteiger partial charge in [0.2, 0.25) is 10.0 Å². The largest absolute Gasteiger partial charge is 0.369 e. The molecule has 0 bridgehead atoms. The van der Waals surface area contributed by atoms with Crippen molar-refractivity contribution in [2.75, 3.05) is 31.1 Å². The molecule has 1 saturated heterocycles. The van der Waals surface area contributed by atoms with Crippen LogP contribution in [0.15, 0.2) is 29.2 Å². The Bertz CT molecular complexity index is 853. The van der Waals surface area contributed by atoms with Gasteiger partial charge in [0.05, 0.1) is 23.0 Å². The molecule has 0 radical (unpaired) electrons. The Morgan fingerprint density at radius 3 is 2.25 bits per heavy atom. The van der Waals surface area contributed by atoms with E-state index in [1.54, 1.807) is 26.0 Å². The summed E-state index contributed by atoms with van der Waals surface area (Å²) in [5, 5.41) is 15.6. The van der Waals surface area contributed by atoms with E-state index in [1.807, 2.05) is 12.1 Å². The fraction of sp³-hybridized carbons (Fsp3) is 0.375. The number of piperazine rings is 1. The number of nitrogens with zero attached hydrogens (tertiary/aromatic N) is 4. The van der Waals surface area contributed by atoms with Gasteiger partial charge < -0.3 is 4.90 Å². The normalized spacial score (nSPS) is 16.1. The molecule has 1 aromatic heterocycles. The lowest BCUT2D eigenvalue weighted by Crippen LogP contribution is -2.48. The average molecular weight is 345 g/mol. The Kier molecular flexibility index (Phi) is 4.30. The maximum Gasteiger partial charge on any atom is 0.246 e. The van der Waals surface area contributed by atoms with Gasteiger partial charge in [-0.3, -0.25) is 5.10 Å². The van der Waals surface area contributed by atoms with Gasteiger partial charge in [0.25, 0.3) is 0 Å². The summed E-state index contributed by atoms with van der Waals surface area (Å²) >= 11 is 0. The molecule has 0 unspecified atom stereocenters. The molecule has 0 spiro atoms. The second-order valence-electron chi connectivity index (χ2n) is 5.81. The molecule has 8 heteroatoms. The van der Waals surface area contributed by atoms with E-state index in [2.05, 4.69) is 21.2 Å². The second-order valence-corrected chi connectivity index (χ2v) is 7.69. The van der Waals surface area contributed by atoms with Crippen LogP contribution in [0.1, 0.15) is 17.0 Å². The van der Waals surface area contributed by atoms with Crippen LogP contribution in [0.25, 0.3) is 0 Å². The fourth-order valence-corrected chi connectivity index (χ4v) is 4.74. The number of sulfonamides is 1. The highest BCUT2D eigenvalue weighted by Gasteiger charge is 2.32. The predicted octanol–water partition coefficient (Wildman–Crippen LogP) is 1.41. The summed E-state index contributed by atoms with van der Waals surface area (Å²) in [5.74, 6) is 0. The van der Waals surface area contributed by atoms with Crippen molar-refractivity contribution in [1.82, 2.24) is 14.5 Å². The SMILES string of the molecule is Cc1n[nH]c(C)c1S(=O)(=O)N1CCN(c2ccc(C#N)cc2)CC1. The summed E-state index contributed by atoms with van der Waals surface area (Å²) in [5.41, 5.74) is 2.69. The van der Waals surface area contributed by atoms with E-state index < -0.39 is 10.0 Å². The Labute approximate surface area is 141 Å². The van der Waals surface area contributed by atoms with Gasteiger partial charge >= 0.3 is 0 Å². The predicted molar refractivity (Wildman–Crippen MR) is 90.2 cm³/mol. The number of benzene rings is 1. The Hall–Kier alpha value is -2.37. The van der Waals surface area contributed by atoms with Gasteiger partial charge in [-0.2, -0.15) is 14.7 Å². The summed E-state index contributed by atoms with van der Waals surface area (Å²) in [7, 11) is -3.53. The van der Waals surface area contributed by atoms with E-state index in [0.717, 1.165) is 5.69 Å². The molecule has 3 rings (SSSR count). The van der Waals surface area contributed by atoms with E-state index in [-0.39, 0.29) is 4.90 Å². The number of nitriles is 1. The number of anilines is 1. The zero-order valence-corrected chi connectivity index (χ0v) is 14.5. The van der Waals surface area contributed by atoms with Crippen molar-refractivity contribution in [3.05, 3.63) is 41.2 Å². The van der Waals surface area contributed by atoms with Crippen molar-refractivity contribution in [3.8, 4) is 6.07 Å². The number of aromatic amines is 1. The number of aryl methyl sites for hydroxylation is 2. The highest BCUT2D eigenvalue weighted by Crippen LogP contribution is 2.24. The van der Waals surface area contributed by atoms with Crippen LogP contribution in [0, 0.1) is 25.2 Å². The standard InChI is InChI=1S/C16H19N5O2S/c1-12-16(13(2)19-18-12)24(22,23)21-9-7-20(8-10-21)15-5-3-14(11-17)4-6-15/h3-6H,7-10H2,1-2H3,(H,18,19).